The van der Waals surface area contributed by atoms with Crippen molar-refractivity contribution in [3.8, 4) is 11.5 Å². The summed E-state index contributed by atoms with van der Waals surface area (Å²) in [6.45, 7) is 6.74. The molecule has 0 saturated carbocycles. The van der Waals surface area contributed by atoms with Crippen molar-refractivity contribution in [1.82, 2.24) is 4.90 Å². The standard InChI is InChI=1S/C24H27N3O4S/c1-4-13-27-23(29)21(32-24(27)26-18-7-6-8-20(15-18)30-3)16-22(28)25-17-9-11-19(12-10-17)31-14-5-2/h4,6-12,15,21H,1,5,13-14,16H2,2-3H3,(H,25,28). The highest BCUT2D eigenvalue weighted by atomic mass is 32.2. The number of carbonyl (C=O) groups is 2. The number of anilines is 1. The predicted octanol–water partition coefficient (Wildman–Crippen LogP) is 4.63. The van der Waals surface area contributed by atoms with Crippen molar-refractivity contribution in [1.29, 1.82) is 0 Å². The van der Waals surface area contributed by atoms with Crippen molar-refractivity contribution in [2.75, 3.05) is 25.6 Å². The number of amidine groups is 1. The van der Waals surface area contributed by atoms with Gasteiger partial charge in [-0.25, -0.2) is 4.99 Å². The Morgan fingerprint density at radius 1 is 1.25 bits per heavy atom. The van der Waals surface area contributed by atoms with Gasteiger partial charge in [-0.3, -0.25) is 14.5 Å². The second kappa shape index (κ2) is 11.4. The van der Waals surface area contributed by atoms with Crippen LogP contribution in [0.2, 0.25) is 0 Å². The fraction of sp³-hybridized carbons (Fsp3) is 0.292. The van der Waals surface area contributed by atoms with Crippen LogP contribution < -0.4 is 14.8 Å². The highest BCUT2D eigenvalue weighted by molar-refractivity contribution is 8.15. The van der Waals surface area contributed by atoms with E-state index < -0.39 is 5.25 Å². The van der Waals surface area contributed by atoms with Gasteiger partial charge in [0.1, 0.15) is 16.7 Å². The zero-order valence-electron chi connectivity index (χ0n) is 18.2. The van der Waals surface area contributed by atoms with Crippen LogP contribution in [0.25, 0.3) is 0 Å². The van der Waals surface area contributed by atoms with E-state index in [0.717, 1.165) is 12.2 Å². The Bertz CT molecular complexity index is 991. The summed E-state index contributed by atoms with van der Waals surface area (Å²) in [5.74, 6) is 1.04. The van der Waals surface area contributed by atoms with E-state index in [2.05, 4.69) is 16.9 Å². The van der Waals surface area contributed by atoms with Crippen LogP contribution in [0.4, 0.5) is 11.4 Å². The maximum Gasteiger partial charge on any atom is 0.242 e. The van der Waals surface area contributed by atoms with Crippen molar-refractivity contribution in [3.63, 3.8) is 0 Å². The first-order valence-electron chi connectivity index (χ1n) is 10.4. The van der Waals surface area contributed by atoms with E-state index in [-0.39, 0.29) is 18.2 Å². The third kappa shape index (κ3) is 6.13. The third-order valence-electron chi connectivity index (χ3n) is 4.59. The fourth-order valence-electron chi connectivity index (χ4n) is 3.05. The molecular formula is C24H27N3O4S. The number of aliphatic imine (C=N–C) groups is 1. The van der Waals surface area contributed by atoms with Crippen LogP contribution in [0.1, 0.15) is 19.8 Å². The summed E-state index contributed by atoms with van der Waals surface area (Å²) < 4.78 is 10.8. The Balaban J connectivity index is 1.67. The summed E-state index contributed by atoms with van der Waals surface area (Å²) in [6.07, 6.45) is 2.62. The maximum atomic E-state index is 12.9. The summed E-state index contributed by atoms with van der Waals surface area (Å²) in [5.41, 5.74) is 1.33. The van der Waals surface area contributed by atoms with Crippen molar-refractivity contribution in [3.05, 3.63) is 61.2 Å². The van der Waals surface area contributed by atoms with E-state index in [1.165, 1.54) is 11.8 Å². The van der Waals surface area contributed by atoms with Gasteiger partial charge in [0.25, 0.3) is 0 Å². The summed E-state index contributed by atoms with van der Waals surface area (Å²) in [5, 5.41) is 2.83. The number of benzene rings is 2. The Morgan fingerprint density at radius 3 is 2.72 bits per heavy atom. The van der Waals surface area contributed by atoms with Gasteiger partial charge in [0.15, 0.2) is 5.17 Å². The van der Waals surface area contributed by atoms with Gasteiger partial charge in [0.2, 0.25) is 11.8 Å². The average molecular weight is 454 g/mol. The highest BCUT2D eigenvalue weighted by Gasteiger charge is 2.38. The second-order valence-corrected chi connectivity index (χ2v) is 8.23. The highest BCUT2D eigenvalue weighted by Crippen LogP contribution is 2.32. The van der Waals surface area contributed by atoms with E-state index in [1.807, 2.05) is 37.3 Å². The first-order valence-corrected chi connectivity index (χ1v) is 11.3. The second-order valence-electron chi connectivity index (χ2n) is 7.07. The van der Waals surface area contributed by atoms with Gasteiger partial charge in [-0.2, -0.15) is 0 Å². The Hall–Kier alpha value is -3.26. The number of hydrogen-bond donors (Lipinski definition) is 1. The minimum absolute atomic E-state index is 0.0440. The lowest BCUT2D eigenvalue weighted by Crippen LogP contribution is -2.33. The molecule has 1 N–H and O–H groups in total. The molecule has 0 bridgehead atoms. The van der Waals surface area contributed by atoms with Gasteiger partial charge in [-0.15, -0.1) is 6.58 Å². The van der Waals surface area contributed by atoms with Crippen LogP contribution in [-0.4, -0.2) is 47.4 Å². The zero-order valence-corrected chi connectivity index (χ0v) is 19.1. The lowest BCUT2D eigenvalue weighted by Gasteiger charge is -2.14. The lowest BCUT2D eigenvalue weighted by atomic mass is 10.2. The molecule has 0 spiro atoms. The SMILES string of the molecule is C=CCN1C(=O)C(CC(=O)Nc2ccc(OCCC)cc2)SC1=Nc1cccc(OC)c1. The number of carbonyl (C=O) groups excluding carboxylic acids is 2. The molecule has 168 valence electrons. The predicted molar refractivity (Wildman–Crippen MR) is 129 cm³/mol. The molecule has 3 rings (SSSR count). The van der Waals surface area contributed by atoms with Gasteiger partial charge >= 0.3 is 0 Å². The summed E-state index contributed by atoms with van der Waals surface area (Å²) in [7, 11) is 1.59. The first kappa shape index (κ1) is 23.4. The van der Waals surface area contributed by atoms with Gasteiger partial charge in [0.05, 0.1) is 19.4 Å². The van der Waals surface area contributed by atoms with Crippen molar-refractivity contribution >= 4 is 40.1 Å². The van der Waals surface area contributed by atoms with Crippen molar-refractivity contribution in [2.24, 2.45) is 4.99 Å². The average Bonchev–Trinajstić information content (AvgIpc) is 3.07. The molecule has 1 unspecified atom stereocenters. The number of nitrogens with one attached hydrogen (secondary N) is 1. The van der Waals surface area contributed by atoms with Crippen LogP contribution in [0.5, 0.6) is 11.5 Å². The number of methoxy groups -OCH3 is 1. The normalized spacial score (nSPS) is 16.8. The summed E-state index contributed by atoms with van der Waals surface area (Å²) in [4.78, 5) is 31.6. The van der Waals surface area contributed by atoms with Gasteiger partial charge in [-0.05, 0) is 42.8 Å². The maximum absolute atomic E-state index is 12.9. The molecule has 1 heterocycles. The number of thioether (sulfide) groups is 1. The molecule has 32 heavy (non-hydrogen) atoms. The number of ether oxygens (including phenoxy) is 2. The summed E-state index contributed by atoms with van der Waals surface area (Å²) >= 11 is 1.28. The van der Waals surface area contributed by atoms with Crippen LogP contribution in [0.3, 0.4) is 0 Å². The Kier molecular flexibility index (Phi) is 8.33. The number of rotatable bonds is 10. The van der Waals surface area contributed by atoms with E-state index in [0.29, 0.717) is 35.4 Å². The number of amides is 2. The molecule has 7 nitrogen and oxygen atoms in total. The molecule has 1 fully saturated rings. The van der Waals surface area contributed by atoms with Crippen LogP contribution in [-0.2, 0) is 9.59 Å². The summed E-state index contributed by atoms with van der Waals surface area (Å²) in [6, 6.07) is 14.5. The number of nitrogens with zero attached hydrogens (tertiary/aromatic N) is 2. The third-order valence-corrected chi connectivity index (χ3v) is 5.77. The van der Waals surface area contributed by atoms with E-state index in [9.17, 15) is 9.59 Å². The lowest BCUT2D eigenvalue weighted by molar-refractivity contribution is -0.127. The zero-order chi connectivity index (χ0) is 22.9. The smallest absolute Gasteiger partial charge is 0.242 e. The van der Waals surface area contributed by atoms with Gasteiger partial charge in [-0.1, -0.05) is 30.8 Å². The largest absolute Gasteiger partial charge is 0.497 e. The molecule has 1 atom stereocenters. The molecular weight excluding hydrogens is 426 g/mol. The van der Waals surface area contributed by atoms with Crippen LogP contribution in [0.15, 0.2) is 66.2 Å². The van der Waals surface area contributed by atoms with Gasteiger partial charge in [0, 0.05) is 24.7 Å². The molecule has 1 saturated heterocycles. The van der Waals surface area contributed by atoms with E-state index in [4.69, 9.17) is 9.47 Å². The quantitative estimate of drug-likeness (QED) is 0.531. The minimum atomic E-state index is -0.550. The minimum Gasteiger partial charge on any atom is -0.497 e. The molecule has 2 aromatic rings. The molecule has 2 aromatic carbocycles. The van der Waals surface area contributed by atoms with Crippen LogP contribution >= 0.6 is 11.8 Å². The Morgan fingerprint density at radius 2 is 2.03 bits per heavy atom. The molecule has 1 aliphatic heterocycles. The van der Waals surface area contributed by atoms with Crippen molar-refractivity contribution < 1.29 is 19.1 Å². The topological polar surface area (TPSA) is 80.2 Å². The monoisotopic (exact) mass is 453 g/mol. The number of hydrogen-bond acceptors (Lipinski definition) is 6. The molecule has 1 aliphatic rings. The fourth-order valence-corrected chi connectivity index (χ4v) is 4.21. The van der Waals surface area contributed by atoms with E-state index >= 15 is 0 Å². The van der Waals surface area contributed by atoms with Crippen LogP contribution in [0, 0.1) is 0 Å². The molecule has 0 radical (unpaired) electrons. The molecule has 2 amide bonds. The van der Waals surface area contributed by atoms with Gasteiger partial charge < -0.3 is 14.8 Å². The first-order chi connectivity index (χ1) is 15.5. The molecule has 0 aromatic heterocycles. The molecule has 0 aliphatic carbocycles. The molecule has 8 heteroatoms. The van der Waals surface area contributed by atoms with Crippen molar-refractivity contribution in [2.45, 2.75) is 25.0 Å². The Labute approximate surface area is 192 Å². The van der Waals surface area contributed by atoms with E-state index in [1.54, 1.807) is 36.3 Å².